The molecule has 15 heavy (non-hydrogen) atoms. The average molecular weight is 228 g/mol. The molecule has 0 atom stereocenters. The molecule has 0 rings (SSSR count). The zero-order valence-electron chi connectivity index (χ0n) is 10.7. The van der Waals surface area contributed by atoms with Gasteiger partial charge in [0, 0.05) is 0 Å². The summed E-state index contributed by atoms with van der Waals surface area (Å²) in [6.45, 7) is 12.3. The van der Waals surface area contributed by atoms with E-state index in [0.717, 1.165) is 26.1 Å². The van der Waals surface area contributed by atoms with Crippen molar-refractivity contribution in [2.24, 2.45) is 0 Å². The van der Waals surface area contributed by atoms with E-state index in [1.54, 1.807) is 0 Å². The van der Waals surface area contributed by atoms with Crippen molar-refractivity contribution in [1.82, 2.24) is 0 Å². The van der Waals surface area contributed by atoms with E-state index in [1.807, 2.05) is 0 Å². The Morgan fingerprint density at radius 2 is 1.47 bits per heavy atom. The maximum absolute atomic E-state index is 5.52. The summed E-state index contributed by atoms with van der Waals surface area (Å²) in [5.74, 6) is 3.10. The van der Waals surface area contributed by atoms with E-state index >= 15 is 0 Å². The van der Waals surface area contributed by atoms with Crippen LogP contribution in [-0.2, 0) is 9.47 Å². The van der Waals surface area contributed by atoms with Crippen LogP contribution in [0.1, 0.15) is 26.7 Å². The predicted octanol–water partition coefficient (Wildman–Crippen LogP) is 3.05. The molecule has 0 fully saturated rings. The first-order chi connectivity index (χ1) is 6.99. The first kappa shape index (κ1) is 14.7. The van der Waals surface area contributed by atoms with Crippen molar-refractivity contribution in [2.75, 3.05) is 13.2 Å². The van der Waals surface area contributed by atoms with Gasteiger partial charge in [-0.1, -0.05) is 33.5 Å². The average Bonchev–Trinajstić information content (AvgIpc) is 2.15. The molecule has 0 aliphatic rings. The molecule has 0 aliphatic heterocycles. The van der Waals surface area contributed by atoms with E-state index in [9.17, 15) is 0 Å². The first-order valence-electron chi connectivity index (χ1n) is 5.75. The van der Waals surface area contributed by atoms with E-state index in [4.69, 9.17) is 9.47 Å². The zero-order chi connectivity index (χ0) is 11.7. The van der Waals surface area contributed by atoms with Gasteiger partial charge < -0.3 is 9.47 Å². The lowest BCUT2D eigenvalue weighted by Crippen LogP contribution is -2.21. The summed E-state index contributed by atoms with van der Waals surface area (Å²) in [7, 11) is -1.32. The highest BCUT2D eigenvalue weighted by molar-refractivity contribution is 6.83. The molecule has 3 heteroatoms. The zero-order valence-corrected chi connectivity index (χ0v) is 11.7. The van der Waals surface area contributed by atoms with Crippen LogP contribution < -0.4 is 0 Å². The molecule has 2 nitrogen and oxygen atoms in total. The van der Waals surface area contributed by atoms with Crippen molar-refractivity contribution in [3.8, 4) is 11.5 Å². The quantitative estimate of drug-likeness (QED) is 0.395. The second-order valence-corrected chi connectivity index (χ2v) is 9.34. The van der Waals surface area contributed by atoms with Gasteiger partial charge in [-0.25, -0.2) is 0 Å². The van der Waals surface area contributed by atoms with Gasteiger partial charge in [0.2, 0.25) is 6.29 Å². The summed E-state index contributed by atoms with van der Waals surface area (Å²) in [6.07, 6.45) is 1.68. The van der Waals surface area contributed by atoms with Crippen molar-refractivity contribution in [3.05, 3.63) is 0 Å². The van der Waals surface area contributed by atoms with Gasteiger partial charge in [-0.3, -0.25) is 0 Å². The Morgan fingerprint density at radius 3 is 1.80 bits per heavy atom. The molecule has 0 saturated carbocycles. The monoisotopic (exact) mass is 228 g/mol. The Morgan fingerprint density at radius 1 is 1.00 bits per heavy atom. The van der Waals surface area contributed by atoms with E-state index in [0.29, 0.717) is 0 Å². The summed E-state index contributed by atoms with van der Waals surface area (Å²) >= 11 is 0. The Kier molecular flexibility index (Phi) is 7.76. The molecule has 0 radical (unpaired) electrons. The Bertz CT molecular complexity index is 202. The van der Waals surface area contributed by atoms with Crippen LogP contribution in [0.5, 0.6) is 0 Å². The van der Waals surface area contributed by atoms with E-state index in [-0.39, 0.29) is 6.29 Å². The molecule has 0 spiro atoms. The van der Waals surface area contributed by atoms with Crippen LogP contribution in [-0.4, -0.2) is 27.6 Å². The number of rotatable bonds is 6. The van der Waals surface area contributed by atoms with Crippen LogP contribution in [0.4, 0.5) is 0 Å². The fraction of sp³-hybridized carbons (Fsp3) is 0.833. The minimum Gasteiger partial charge on any atom is -0.342 e. The third-order valence-corrected chi connectivity index (χ3v) is 2.41. The molecule has 0 heterocycles. The van der Waals surface area contributed by atoms with Crippen molar-refractivity contribution in [1.29, 1.82) is 0 Å². The molecule has 0 unspecified atom stereocenters. The predicted molar refractivity (Wildman–Crippen MR) is 67.4 cm³/mol. The molecule has 0 aliphatic carbocycles. The third kappa shape index (κ3) is 9.99. The molecule has 0 saturated heterocycles. The summed E-state index contributed by atoms with van der Waals surface area (Å²) in [6, 6.07) is 0. The number of hydrogen-bond acceptors (Lipinski definition) is 2. The van der Waals surface area contributed by atoms with Crippen LogP contribution in [0, 0.1) is 11.5 Å². The van der Waals surface area contributed by atoms with Gasteiger partial charge in [0.1, 0.15) is 8.07 Å². The van der Waals surface area contributed by atoms with E-state index in [2.05, 4.69) is 45.0 Å². The molecule has 0 amide bonds. The Hall–Kier alpha value is -0.303. The highest BCUT2D eigenvalue weighted by atomic mass is 28.3. The fourth-order valence-electron chi connectivity index (χ4n) is 0.857. The molecule has 88 valence electrons. The standard InChI is InChI=1S/C12H24O2Si/c1-6-9-13-12(14-10-7-2)8-11-15(3,4)5/h12H,6-7,9-10H2,1-5H3. The minimum absolute atomic E-state index is 0.323. The third-order valence-electron chi connectivity index (χ3n) is 1.51. The second-order valence-electron chi connectivity index (χ2n) is 4.59. The fourth-order valence-corrected chi connectivity index (χ4v) is 1.41. The summed E-state index contributed by atoms with van der Waals surface area (Å²) in [4.78, 5) is 0. The maximum Gasteiger partial charge on any atom is 0.221 e. The number of hydrogen-bond donors (Lipinski definition) is 0. The van der Waals surface area contributed by atoms with Crippen molar-refractivity contribution >= 4 is 8.07 Å². The Balaban J connectivity index is 4.14. The number of ether oxygens (including phenoxy) is 2. The minimum atomic E-state index is -1.32. The lowest BCUT2D eigenvalue weighted by molar-refractivity contribution is -0.104. The Labute approximate surface area is 95.4 Å². The van der Waals surface area contributed by atoms with Gasteiger partial charge in [0.05, 0.1) is 13.2 Å². The van der Waals surface area contributed by atoms with Gasteiger partial charge >= 0.3 is 0 Å². The van der Waals surface area contributed by atoms with Crippen molar-refractivity contribution in [3.63, 3.8) is 0 Å². The van der Waals surface area contributed by atoms with Gasteiger partial charge in [-0.15, -0.1) is 5.54 Å². The maximum atomic E-state index is 5.52. The van der Waals surface area contributed by atoms with E-state index in [1.165, 1.54) is 0 Å². The molecule has 0 aromatic carbocycles. The van der Waals surface area contributed by atoms with Crippen molar-refractivity contribution in [2.45, 2.75) is 52.6 Å². The first-order valence-corrected chi connectivity index (χ1v) is 9.25. The largest absolute Gasteiger partial charge is 0.342 e. The second kappa shape index (κ2) is 7.92. The van der Waals surface area contributed by atoms with Gasteiger partial charge in [0.25, 0.3) is 0 Å². The van der Waals surface area contributed by atoms with Crippen LogP contribution in [0.15, 0.2) is 0 Å². The normalized spacial score (nSPS) is 11.3. The van der Waals surface area contributed by atoms with E-state index < -0.39 is 8.07 Å². The van der Waals surface area contributed by atoms with Crippen LogP contribution >= 0.6 is 0 Å². The van der Waals surface area contributed by atoms with Crippen LogP contribution in [0.3, 0.4) is 0 Å². The SMILES string of the molecule is CCCOC(C#C[Si](C)(C)C)OCCC. The summed E-state index contributed by atoms with van der Waals surface area (Å²) in [5, 5.41) is 0. The smallest absolute Gasteiger partial charge is 0.221 e. The van der Waals surface area contributed by atoms with Gasteiger partial charge in [0.15, 0.2) is 0 Å². The summed E-state index contributed by atoms with van der Waals surface area (Å²) < 4.78 is 11.0. The van der Waals surface area contributed by atoms with Crippen LogP contribution in [0.25, 0.3) is 0 Å². The molecule has 0 N–H and O–H groups in total. The molecule has 0 bridgehead atoms. The van der Waals surface area contributed by atoms with Crippen molar-refractivity contribution < 1.29 is 9.47 Å². The topological polar surface area (TPSA) is 18.5 Å². The molecule has 0 aromatic heterocycles. The molecular formula is C12H24O2Si. The molecular weight excluding hydrogens is 204 g/mol. The lowest BCUT2D eigenvalue weighted by atomic mass is 10.5. The lowest BCUT2D eigenvalue weighted by Gasteiger charge is -2.13. The van der Waals surface area contributed by atoms with Gasteiger partial charge in [-0.05, 0) is 18.8 Å². The highest BCUT2D eigenvalue weighted by Crippen LogP contribution is 2.00. The molecule has 0 aromatic rings. The summed E-state index contributed by atoms with van der Waals surface area (Å²) in [5.41, 5.74) is 3.28. The highest BCUT2D eigenvalue weighted by Gasteiger charge is 2.10. The van der Waals surface area contributed by atoms with Gasteiger partial charge in [-0.2, -0.15) is 0 Å². The van der Waals surface area contributed by atoms with Crippen LogP contribution in [0.2, 0.25) is 19.6 Å².